The van der Waals surface area contributed by atoms with Crippen molar-refractivity contribution in [2.45, 2.75) is 19.6 Å². The SMILES string of the molecule is Cc1ccccc1-n1c(Cn2nc(-c3cccc(O)c3)c3c(N)ncnc32)nc2scc(C(F)(F)F)c2c1=O. The van der Waals surface area contributed by atoms with Gasteiger partial charge in [-0.25, -0.2) is 19.6 Å². The molecule has 0 aliphatic heterocycles. The topological polar surface area (TPSA) is 125 Å². The number of para-hydroxylation sites is 1. The first-order valence-corrected chi connectivity index (χ1v) is 12.4. The van der Waals surface area contributed by atoms with E-state index in [0.717, 1.165) is 16.7 Å². The number of aromatic hydroxyl groups is 1. The Balaban J connectivity index is 1.62. The van der Waals surface area contributed by atoms with Crippen LogP contribution in [0.4, 0.5) is 19.0 Å². The molecule has 4 aromatic heterocycles. The van der Waals surface area contributed by atoms with Crippen LogP contribution in [0.1, 0.15) is 17.0 Å². The highest BCUT2D eigenvalue weighted by Crippen LogP contribution is 2.37. The van der Waals surface area contributed by atoms with Crippen LogP contribution in [0.25, 0.3) is 38.2 Å². The number of nitrogens with zero attached hydrogens (tertiary/aromatic N) is 6. The van der Waals surface area contributed by atoms with Gasteiger partial charge < -0.3 is 10.8 Å². The lowest BCUT2D eigenvalue weighted by atomic mass is 10.1. The summed E-state index contributed by atoms with van der Waals surface area (Å²) in [5, 5.41) is 15.5. The highest BCUT2D eigenvalue weighted by molar-refractivity contribution is 7.16. The molecule has 0 bridgehead atoms. The Morgan fingerprint density at radius 2 is 1.87 bits per heavy atom. The zero-order valence-corrected chi connectivity index (χ0v) is 21.0. The van der Waals surface area contributed by atoms with Crippen molar-refractivity contribution < 1.29 is 18.3 Å². The number of nitrogens with two attached hydrogens (primary N) is 1. The number of benzene rings is 2. The summed E-state index contributed by atoms with van der Waals surface area (Å²) in [6.45, 7) is 1.63. The molecule has 0 aliphatic carbocycles. The fraction of sp³-hybridized carbons (Fsp3) is 0.115. The predicted octanol–water partition coefficient (Wildman–Crippen LogP) is 4.92. The van der Waals surface area contributed by atoms with Crippen molar-refractivity contribution >= 4 is 38.4 Å². The van der Waals surface area contributed by atoms with Gasteiger partial charge in [-0.15, -0.1) is 11.3 Å². The molecule has 0 unspecified atom stereocenters. The third kappa shape index (κ3) is 4.07. The lowest BCUT2D eigenvalue weighted by Crippen LogP contribution is -2.27. The highest BCUT2D eigenvalue weighted by Gasteiger charge is 2.36. The summed E-state index contributed by atoms with van der Waals surface area (Å²) in [5.74, 6) is 0.322. The van der Waals surface area contributed by atoms with Crippen LogP contribution < -0.4 is 11.3 Å². The third-order valence-corrected chi connectivity index (χ3v) is 7.18. The molecular formula is C26H18F3N7O2S. The Bertz CT molecular complexity index is 1960. The first-order valence-electron chi connectivity index (χ1n) is 11.6. The van der Waals surface area contributed by atoms with Crippen molar-refractivity contribution in [2.75, 3.05) is 5.73 Å². The van der Waals surface area contributed by atoms with Crippen molar-refractivity contribution in [1.29, 1.82) is 0 Å². The van der Waals surface area contributed by atoms with Gasteiger partial charge in [-0.3, -0.25) is 9.36 Å². The van der Waals surface area contributed by atoms with Gasteiger partial charge in [0.1, 0.15) is 40.8 Å². The molecule has 0 radical (unpaired) electrons. The molecule has 0 saturated carbocycles. The summed E-state index contributed by atoms with van der Waals surface area (Å²) in [5.41, 5.74) is 6.65. The number of phenols is 1. The van der Waals surface area contributed by atoms with Crippen molar-refractivity contribution in [2.24, 2.45) is 0 Å². The Kier molecular flexibility index (Phi) is 5.61. The Morgan fingerprint density at radius 1 is 1.08 bits per heavy atom. The van der Waals surface area contributed by atoms with Gasteiger partial charge in [-0.05, 0) is 30.7 Å². The number of alkyl halides is 3. The fourth-order valence-corrected chi connectivity index (χ4v) is 5.49. The molecule has 0 amide bonds. The number of aryl methyl sites for hydroxylation is 1. The first-order chi connectivity index (χ1) is 18.6. The predicted molar refractivity (Wildman–Crippen MR) is 141 cm³/mol. The van der Waals surface area contributed by atoms with Crippen LogP contribution in [0.2, 0.25) is 0 Å². The number of phenolic OH excluding ortho intramolecular Hbond substituents is 1. The van der Waals surface area contributed by atoms with Gasteiger partial charge in [-0.2, -0.15) is 18.3 Å². The van der Waals surface area contributed by atoms with E-state index in [4.69, 9.17) is 5.73 Å². The van der Waals surface area contributed by atoms with Gasteiger partial charge in [0.2, 0.25) is 0 Å². The largest absolute Gasteiger partial charge is 0.508 e. The van der Waals surface area contributed by atoms with Crippen LogP contribution in [0.5, 0.6) is 5.75 Å². The number of hydrogen-bond acceptors (Lipinski definition) is 8. The van der Waals surface area contributed by atoms with Crippen LogP contribution in [0.3, 0.4) is 0 Å². The van der Waals surface area contributed by atoms with E-state index >= 15 is 0 Å². The number of halogens is 3. The molecule has 6 aromatic rings. The fourth-order valence-electron chi connectivity index (χ4n) is 4.54. The second kappa shape index (κ2) is 8.91. The summed E-state index contributed by atoms with van der Waals surface area (Å²) >= 11 is 0.750. The molecule has 6 rings (SSSR count). The van der Waals surface area contributed by atoms with Crippen LogP contribution in [-0.4, -0.2) is 34.4 Å². The van der Waals surface area contributed by atoms with E-state index in [0.29, 0.717) is 33.5 Å². The highest BCUT2D eigenvalue weighted by atomic mass is 32.1. The molecule has 0 saturated heterocycles. The molecule has 2 aromatic carbocycles. The molecule has 4 heterocycles. The van der Waals surface area contributed by atoms with E-state index in [9.17, 15) is 23.1 Å². The molecule has 3 N–H and O–H groups in total. The summed E-state index contributed by atoms with van der Waals surface area (Å²) in [6, 6.07) is 13.3. The number of thiophene rings is 1. The quantitative estimate of drug-likeness (QED) is 0.320. The molecule has 13 heteroatoms. The zero-order chi connectivity index (χ0) is 27.5. The minimum absolute atomic E-state index is 0.0179. The van der Waals surface area contributed by atoms with Crippen molar-refractivity contribution in [3.8, 4) is 22.7 Å². The van der Waals surface area contributed by atoms with Crippen LogP contribution in [-0.2, 0) is 12.7 Å². The van der Waals surface area contributed by atoms with Crippen molar-refractivity contribution in [3.63, 3.8) is 0 Å². The molecule has 0 aliphatic rings. The zero-order valence-electron chi connectivity index (χ0n) is 20.1. The Hall–Kier alpha value is -4.78. The van der Waals surface area contributed by atoms with Crippen molar-refractivity contribution in [1.82, 2.24) is 29.3 Å². The lowest BCUT2D eigenvalue weighted by molar-refractivity contribution is -0.136. The van der Waals surface area contributed by atoms with Crippen LogP contribution >= 0.6 is 11.3 Å². The standard InChI is InChI=1S/C26H18F3N7O2S/c1-13-5-2-3-8-17(13)36-18(33-24-19(25(36)38)16(11-39-24)26(27,28)29)10-35-23-20(22(30)31-12-32-23)21(34-35)14-6-4-7-15(37)9-14/h2-9,11-12,37H,10H2,1H3,(H2,30,31,32). The lowest BCUT2D eigenvalue weighted by Gasteiger charge is -2.15. The second-order valence-electron chi connectivity index (χ2n) is 8.80. The number of anilines is 1. The van der Waals surface area contributed by atoms with Gasteiger partial charge in [0.15, 0.2) is 5.65 Å². The van der Waals surface area contributed by atoms with Gasteiger partial charge in [-0.1, -0.05) is 30.3 Å². The molecule has 0 spiro atoms. The smallest absolute Gasteiger partial charge is 0.418 e. The molecule has 196 valence electrons. The van der Waals surface area contributed by atoms with E-state index < -0.39 is 22.7 Å². The number of aromatic nitrogens is 6. The molecular weight excluding hydrogens is 531 g/mol. The van der Waals surface area contributed by atoms with E-state index in [-0.39, 0.29) is 28.8 Å². The maximum absolute atomic E-state index is 13.8. The molecule has 39 heavy (non-hydrogen) atoms. The summed E-state index contributed by atoms with van der Waals surface area (Å²) in [7, 11) is 0. The number of rotatable bonds is 4. The van der Waals surface area contributed by atoms with Gasteiger partial charge in [0, 0.05) is 10.9 Å². The third-order valence-electron chi connectivity index (χ3n) is 6.31. The van der Waals surface area contributed by atoms with Gasteiger partial charge in [0.25, 0.3) is 5.56 Å². The number of nitrogen functional groups attached to an aromatic ring is 1. The maximum Gasteiger partial charge on any atom is 0.418 e. The first kappa shape index (κ1) is 24.6. The van der Waals surface area contributed by atoms with Gasteiger partial charge in [0.05, 0.1) is 22.0 Å². The van der Waals surface area contributed by atoms with E-state index in [1.165, 1.54) is 27.7 Å². The summed E-state index contributed by atoms with van der Waals surface area (Å²) in [6.07, 6.45) is -3.45. The summed E-state index contributed by atoms with van der Waals surface area (Å²) < 4.78 is 44.0. The van der Waals surface area contributed by atoms with Crippen LogP contribution in [0.15, 0.2) is 65.0 Å². The number of hydrogen-bond donors (Lipinski definition) is 2. The Labute approximate surface area is 221 Å². The second-order valence-corrected chi connectivity index (χ2v) is 9.65. The normalized spacial score (nSPS) is 12.0. The van der Waals surface area contributed by atoms with E-state index in [2.05, 4.69) is 20.1 Å². The Morgan fingerprint density at radius 3 is 2.62 bits per heavy atom. The monoisotopic (exact) mass is 549 g/mol. The molecule has 9 nitrogen and oxygen atoms in total. The minimum atomic E-state index is -4.72. The molecule has 0 atom stereocenters. The van der Waals surface area contributed by atoms with E-state index in [1.54, 1.807) is 43.3 Å². The number of fused-ring (bicyclic) bond motifs is 2. The summed E-state index contributed by atoms with van der Waals surface area (Å²) in [4.78, 5) is 26.6. The minimum Gasteiger partial charge on any atom is -0.508 e. The average Bonchev–Trinajstić information content (AvgIpc) is 3.48. The average molecular weight is 550 g/mol. The van der Waals surface area contributed by atoms with E-state index in [1.807, 2.05) is 0 Å². The van der Waals surface area contributed by atoms with Crippen LogP contribution in [0, 0.1) is 6.92 Å². The van der Waals surface area contributed by atoms with Gasteiger partial charge >= 0.3 is 6.18 Å². The maximum atomic E-state index is 13.8. The molecule has 0 fully saturated rings. The van der Waals surface area contributed by atoms with Crippen molar-refractivity contribution in [3.05, 3.63) is 87.5 Å².